The first-order valence-corrected chi connectivity index (χ1v) is 8.22. The van der Waals surface area contributed by atoms with E-state index in [9.17, 15) is 4.79 Å². The number of nitrogens with one attached hydrogen (secondary N) is 2. The Morgan fingerprint density at radius 3 is 2.44 bits per heavy atom. The average Bonchev–Trinajstić information content (AvgIpc) is 2.65. The molecule has 0 saturated heterocycles. The second-order valence-electron chi connectivity index (χ2n) is 5.16. The lowest BCUT2D eigenvalue weighted by molar-refractivity contribution is -0.119. The minimum atomic E-state index is -0.107. The van der Waals surface area contributed by atoms with Crippen molar-refractivity contribution in [3.05, 3.63) is 48.5 Å². The van der Waals surface area contributed by atoms with Crippen LogP contribution in [0.5, 0.6) is 17.2 Å². The summed E-state index contributed by atoms with van der Waals surface area (Å²) < 4.78 is 16.2. The molecule has 0 aliphatic heterocycles. The van der Waals surface area contributed by atoms with Crippen molar-refractivity contribution < 1.29 is 19.0 Å². The van der Waals surface area contributed by atoms with E-state index < -0.39 is 0 Å². The Kier molecular flexibility index (Phi) is 7.43. The smallest absolute Gasteiger partial charge is 0.239 e. The molecule has 0 heterocycles. The molecule has 2 aromatic carbocycles. The highest BCUT2D eigenvalue weighted by atomic mass is 16.5. The normalized spacial score (nSPS) is 10.0. The van der Waals surface area contributed by atoms with E-state index >= 15 is 0 Å². The predicted octanol–water partition coefficient (Wildman–Crippen LogP) is 2.70. The maximum atomic E-state index is 11.9. The molecule has 0 fully saturated rings. The molecule has 0 atom stereocenters. The minimum absolute atomic E-state index is 0.107. The quantitative estimate of drug-likeness (QED) is 0.649. The Morgan fingerprint density at radius 2 is 1.72 bits per heavy atom. The summed E-state index contributed by atoms with van der Waals surface area (Å²) in [6.45, 7) is 3.50. The van der Waals surface area contributed by atoms with Crippen LogP contribution in [0.15, 0.2) is 48.5 Å². The average molecular weight is 344 g/mol. The Hall–Kier alpha value is -2.89. The van der Waals surface area contributed by atoms with Gasteiger partial charge in [0.2, 0.25) is 5.91 Å². The van der Waals surface area contributed by atoms with Crippen molar-refractivity contribution in [2.75, 3.05) is 38.7 Å². The third-order valence-corrected chi connectivity index (χ3v) is 3.38. The monoisotopic (exact) mass is 344 g/mol. The van der Waals surface area contributed by atoms with Crippen LogP contribution in [0.1, 0.15) is 6.92 Å². The summed E-state index contributed by atoms with van der Waals surface area (Å²) in [7, 11) is 1.62. The molecule has 0 radical (unpaired) electrons. The van der Waals surface area contributed by atoms with Gasteiger partial charge in [-0.1, -0.05) is 12.1 Å². The first kappa shape index (κ1) is 18.4. The van der Waals surface area contributed by atoms with Crippen LogP contribution in [-0.2, 0) is 4.79 Å². The van der Waals surface area contributed by atoms with Gasteiger partial charge in [-0.3, -0.25) is 4.79 Å². The first-order chi connectivity index (χ1) is 12.2. The van der Waals surface area contributed by atoms with Crippen molar-refractivity contribution in [3.63, 3.8) is 0 Å². The van der Waals surface area contributed by atoms with Crippen LogP contribution in [0.4, 0.5) is 5.69 Å². The van der Waals surface area contributed by atoms with E-state index in [4.69, 9.17) is 14.2 Å². The van der Waals surface area contributed by atoms with Crippen molar-refractivity contribution >= 4 is 11.6 Å². The van der Waals surface area contributed by atoms with Crippen LogP contribution < -0.4 is 24.8 Å². The molecule has 2 rings (SSSR count). The lowest BCUT2D eigenvalue weighted by Crippen LogP contribution is -2.33. The molecule has 0 aliphatic carbocycles. The molecule has 2 N–H and O–H groups in total. The zero-order chi connectivity index (χ0) is 17.9. The maximum absolute atomic E-state index is 11.9. The number of ether oxygens (including phenoxy) is 3. The molecule has 6 nitrogen and oxygen atoms in total. The predicted molar refractivity (Wildman–Crippen MR) is 97.6 cm³/mol. The third-order valence-electron chi connectivity index (χ3n) is 3.38. The van der Waals surface area contributed by atoms with Gasteiger partial charge >= 0.3 is 0 Å². The molecule has 25 heavy (non-hydrogen) atoms. The number of amides is 1. The van der Waals surface area contributed by atoms with E-state index in [2.05, 4.69) is 10.6 Å². The van der Waals surface area contributed by atoms with Crippen LogP contribution in [0.25, 0.3) is 0 Å². The summed E-state index contributed by atoms with van der Waals surface area (Å²) in [5.41, 5.74) is 0.800. The van der Waals surface area contributed by atoms with Crippen LogP contribution in [0.3, 0.4) is 0 Å². The molecular formula is C19H24N2O4. The number of rotatable bonds is 10. The third kappa shape index (κ3) is 6.25. The van der Waals surface area contributed by atoms with Gasteiger partial charge in [-0.05, 0) is 43.3 Å². The van der Waals surface area contributed by atoms with Gasteiger partial charge in [0.1, 0.15) is 23.9 Å². The fourth-order valence-corrected chi connectivity index (χ4v) is 2.16. The van der Waals surface area contributed by atoms with Crippen molar-refractivity contribution in [1.29, 1.82) is 0 Å². The van der Waals surface area contributed by atoms with Crippen molar-refractivity contribution in [2.24, 2.45) is 0 Å². The Labute approximate surface area is 148 Å². The van der Waals surface area contributed by atoms with Gasteiger partial charge < -0.3 is 24.8 Å². The van der Waals surface area contributed by atoms with Gasteiger partial charge in [-0.25, -0.2) is 0 Å². The summed E-state index contributed by atoms with van der Waals surface area (Å²) >= 11 is 0. The molecule has 2 aromatic rings. The Bertz CT molecular complexity index is 659. The number of hydrogen-bond donors (Lipinski definition) is 2. The van der Waals surface area contributed by atoms with E-state index in [1.165, 1.54) is 0 Å². The highest BCUT2D eigenvalue weighted by Crippen LogP contribution is 2.23. The number of methoxy groups -OCH3 is 1. The number of para-hydroxylation sites is 2. The van der Waals surface area contributed by atoms with Gasteiger partial charge in [-0.2, -0.15) is 0 Å². The minimum Gasteiger partial charge on any atom is -0.497 e. The van der Waals surface area contributed by atoms with E-state index in [0.717, 1.165) is 22.9 Å². The highest BCUT2D eigenvalue weighted by Gasteiger charge is 2.05. The summed E-state index contributed by atoms with van der Waals surface area (Å²) in [6, 6.07) is 14.8. The number of hydrogen-bond acceptors (Lipinski definition) is 5. The molecule has 0 aliphatic rings. The maximum Gasteiger partial charge on any atom is 0.239 e. The van der Waals surface area contributed by atoms with E-state index in [1.54, 1.807) is 7.11 Å². The molecule has 0 spiro atoms. The Balaban J connectivity index is 1.67. The zero-order valence-corrected chi connectivity index (χ0v) is 14.6. The molecule has 0 saturated carbocycles. The summed E-state index contributed by atoms with van der Waals surface area (Å²) in [5, 5.41) is 5.88. The Morgan fingerprint density at radius 1 is 1.00 bits per heavy atom. The molecular weight excluding hydrogens is 320 g/mol. The largest absolute Gasteiger partial charge is 0.497 e. The second kappa shape index (κ2) is 10.1. The first-order valence-electron chi connectivity index (χ1n) is 8.22. The van der Waals surface area contributed by atoms with E-state index in [-0.39, 0.29) is 12.5 Å². The summed E-state index contributed by atoms with van der Waals surface area (Å²) in [4.78, 5) is 11.9. The van der Waals surface area contributed by atoms with Gasteiger partial charge in [0.25, 0.3) is 0 Å². The summed E-state index contributed by atoms with van der Waals surface area (Å²) in [6.07, 6.45) is 0. The molecule has 0 unspecified atom stereocenters. The number of carbonyl (C=O) groups is 1. The van der Waals surface area contributed by atoms with Crippen LogP contribution in [0.2, 0.25) is 0 Å². The fourth-order valence-electron chi connectivity index (χ4n) is 2.16. The van der Waals surface area contributed by atoms with E-state index in [0.29, 0.717) is 19.8 Å². The van der Waals surface area contributed by atoms with Crippen LogP contribution >= 0.6 is 0 Å². The highest BCUT2D eigenvalue weighted by molar-refractivity contribution is 5.81. The van der Waals surface area contributed by atoms with Crippen LogP contribution in [0, 0.1) is 0 Å². The summed E-state index contributed by atoms with van der Waals surface area (Å²) in [5.74, 6) is 2.14. The lowest BCUT2D eigenvalue weighted by atomic mass is 10.3. The molecule has 1 amide bonds. The van der Waals surface area contributed by atoms with Crippen molar-refractivity contribution in [3.8, 4) is 17.2 Å². The van der Waals surface area contributed by atoms with E-state index in [1.807, 2.05) is 55.5 Å². The molecule has 0 bridgehead atoms. The number of benzene rings is 2. The SMILES string of the molecule is CCOc1ccccc1NCC(=O)NCCOc1ccc(OC)cc1. The van der Waals surface area contributed by atoms with Gasteiger partial charge in [0, 0.05) is 0 Å². The van der Waals surface area contributed by atoms with Gasteiger partial charge in [0.15, 0.2) is 0 Å². The van der Waals surface area contributed by atoms with Crippen molar-refractivity contribution in [1.82, 2.24) is 5.32 Å². The van der Waals surface area contributed by atoms with Crippen molar-refractivity contribution in [2.45, 2.75) is 6.92 Å². The molecule has 6 heteroatoms. The molecule has 0 aromatic heterocycles. The number of anilines is 1. The topological polar surface area (TPSA) is 68.8 Å². The fraction of sp³-hybridized carbons (Fsp3) is 0.316. The standard InChI is InChI=1S/C19H24N2O4/c1-3-24-18-7-5-4-6-17(18)21-14-19(22)20-12-13-25-16-10-8-15(23-2)9-11-16/h4-11,21H,3,12-14H2,1-2H3,(H,20,22). The zero-order valence-electron chi connectivity index (χ0n) is 14.6. The van der Waals surface area contributed by atoms with Gasteiger partial charge in [-0.15, -0.1) is 0 Å². The van der Waals surface area contributed by atoms with Gasteiger partial charge in [0.05, 0.1) is 32.5 Å². The molecule has 134 valence electrons. The van der Waals surface area contributed by atoms with Crippen LogP contribution in [-0.4, -0.2) is 39.3 Å². The second-order valence-corrected chi connectivity index (χ2v) is 5.16. The number of carbonyl (C=O) groups excluding carboxylic acids is 1. The lowest BCUT2D eigenvalue weighted by Gasteiger charge is -2.12.